The Labute approximate surface area is 95.1 Å². The summed E-state index contributed by atoms with van der Waals surface area (Å²) in [5.41, 5.74) is 6.73. The van der Waals surface area contributed by atoms with Gasteiger partial charge >= 0.3 is 0 Å². The minimum absolute atomic E-state index is 0.697. The third-order valence-electron chi connectivity index (χ3n) is 2.89. The summed E-state index contributed by atoms with van der Waals surface area (Å²) in [5, 5.41) is 6.92. The number of rotatable bonds is 4. The Morgan fingerprint density at radius 1 is 1.47 bits per heavy atom. The van der Waals surface area contributed by atoms with Crippen molar-refractivity contribution in [2.45, 2.75) is 31.6 Å². The molecule has 0 atom stereocenters. The number of nitrogens with zero attached hydrogens (tertiary/aromatic N) is 1. The summed E-state index contributed by atoms with van der Waals surface area (Å²) in [5.74, 6) is 0.697. The lowest BCUT2D eigenvalue weighted by Gasteiger charge is -2.20. The Morgan fingerprint density at radius 3 is 3.00 bits per heavy atom. The molecule has 1 saturated heterocycles. The van der Waals surface area contributed by atoms with Crippen molar-refractivity contribution in [2.24, 2.45) is 5.73 Å². The van der Waals surface area contributed by atoms with Gasteiger partial charge in [0.1, 0.15) is 0 Å². The number of aryl methyl sites for hydroxylation is 1. The molecule has 0 radical (unpaired) electrons. The molecule has 0 bridgehead atoms. The van der Waals surface area contributed by atoms with Gasteiger partial charge in [0.15, 0.2) is 0 Å². The van der Waals surface area contributed by atoms with E-state index in [-0.39, 0.29) is 0 Å². The summed E-state index contributed by atoms with van der Waals surface area (Å²) in [7, 11) is 0. The van der Waals surface area contributed by atoms with Gasteiger partial charge in [0.2, 0.25) is 0 Å². The van der Waals surface area contributed by atoms with E-state index in [1.807, 2.05) is 11.3 Å². The van der Waals surface area contributed by atoms with Gasteiger partial charge in [0, 0.05) is 11.3 Å². The molecule has 2 heterocycles. The fraction of sp³-hybridized carbons (Fsp3) is 0.727. The lowest BCUT2D eigenvalue weighted by Crippen LogP contribution is -2.26. The molecule has 1 aliphatic rings. The number of nitrogens with one attached hydrogen (secondary N) is 1. The van der Waals surface area contributed by atoms with Crippen molar-refractivity contribution in [3.8, 4) is 0 Å². The predicted octanol–water partition coefficient (Wildman–Crippen LogP) is 1.50. The Morgan fingerprint density at radius 2 is 2.27 bits per heavy atom. The molecule has 0 spiro atoms. The number of piperidine rings is 1. The normalized spacial score (nSPS) is 18.2. The second-order valence-electron chi connectivity index (χ2n) is 4.09. The fourth-order valence-electron chi connectivity index (χ4n) is 1.98. The smallest absolute Gasteiger partial charge is 0.0960 e. The van der Waals surface area contributed by atoms with E-state index in [0.29, 0.717) is 5.92 Å². The van der Waals surface area contributed by atoms with Crippen LogP contribution in [0.5, 0.6) is 0 Å². The minimum Gasteiger partial charge on any atom is -0.330 e. The fourth-order valence-corrected chi connectivity index (χ4v) is 3.00. The monoisotopic (exact) mass is 225 g/mol. The highest BCUT2D eigenvalue weighted by Crippen LogP contribution is 2.28. The largest absolute Gasteiger partial charge is 0.330 e. The van der Waals surface area contributed by atoms with E-state index in [1.54, 1.807) is 0 Å². The first-order chi connectivity index (χ1) is 7.40. The maximum atomic E-state index is 5.49. The van der Waals surface area contributed by atoms with Crippen LogP contribution >= 0.6 is 11.3 Å². The number of hydrogen-bond acceptors (Lipinski definition) is 4. The van der Waals surface area contributed by atoms with Crippen LogP contribution in [0.2, 0.25) is 0 Å². The highest BCUT2D eigenvalue weighted by Gasteiger charge is 2.18. The number of hydrogen-bond donors (Lipinski definition) is 2. The van der Waals surface area contributed by atoms with E-state index in [0.717, 1.165) is 32.5 Å². The van der Waals surface area contributed by atoms with Crippen LogP contribution in [-0.4, -0.2) is 24.6 Å². The Balaban J connectivity index is 1.93. The van der Waals surface area contributed by atoms with Gasteiger partial charge in [0.05, 0.1) is 10.7 Å². The van der Waals surface area contributed by atoms with Crippen molar-refractivity contribution < 1.29 is 0 Å². The molecule has 1 aromatic rings. The third-order valence-corrected chi connectivity index (χ3v) is 3.95. The van der Waals surface area contributed by atoms with Crippen LogP contribution in [0.1, 0.15) is 35.9 Å². The number of nitrogens with two attached hydrogens (primary N) is 1. The lowest BCUT2D eigenvalue weighted by atomic mass is 9.99. The Bertz CT molecular complexity index is 292. The molecule has 0 unspecified atom stereocenters. The summed E-state index contributed by atoms with van der Waals surface area (Å²) < 4.78 is 0. The first kappa shape index (κ1) is 11.0. The molecule has 0 amide bonds. The molecule has 0 aromatic carbocycles. The first-order valence-electron chi connectivity index (χ1n) is 5.75. The van der Waals surface area contributed by atoms with Crippen LogP contribution in [-0.2, 0) is 6.42 Å². The molecule has 4 heteroatoms. The van der Waals surface area contributed by atoms with Crippen LogP contribution in [0.4, 0.5) is 0 Å². The van der Waals surface area contributed by atoms with Crippen LogP contribution in [0.25, 0.3) is 0 Å². The van der Waals surface area contributed by atoms with E-state index >= 15 is 0 Å². The lowest BCUT2D eigenvalue weighted by molar-refractivity contribution is 0.458. The van der Waals surface area contributed by atoms with Crippen LogP contribution in [0.15, 0.2) is 5.38 Å². The van der Waals surface area contributed by atoms with E-state index < -0.39 is 0 Å². The molecule has 3 N–H and O–H groups in total. The van der Waals surface area contributed by atoms with Gasteiger partial charge in [-0.05, 0) is 45.3 Å². The third kappa shape index (κ3) is 3.00. The molecule has 2 rings (SSSR count). The number of aromatic nitrogens is 1. The minimum atomic E-state index is 0.697. The topological polar surface area (TPSA) is 50.9 Å². The molecule has 3 nitrogen and oxygen atoms in total. The second-order valence-corrected chi connectivity index (χ2v) is 4.98. The number of thiazole rings is 1. The van der Waals surface area contributed by atoms with Gasteiger partial charge in [-0.15, -0.1) is 11.3 Å². The average Bonchev–Trinajstić information content (AvgIpc) is 2.76. The molecule has 84 valence electrons. The van der Waals surface area contributed by atoms with E-state index in [1.165, 1.54) is 23.5 Å². The quantitative estimate of drug-likeness (QED) is 0.816. The van der Waals surface area contributed by atoms with Gasteiger partial charge in [-0.2, -0.15) is 0 Å². The van der Waals surface area contributed by atoms with Gasteiger partial charge < -0.3 is 11.1 Å². The molecule has 1 aromatic heterocycles. The molecule has 0 saturated carbocycles. The Kier molecular flexibility index (Phi) is 4.11. The molecule has 15 heavy (non-hydrogen) atoms. The van der Waals surface area contributed by atoms with Crippen LogP contribution in [0.3, 0.4) is 0 Å². The summed E-state index contributed by atoms with van der Waals surface area (Å²) in [4.78, 5) is 4.71. The average molecular weight is 225 g/mol. The predicted molar refractivity (Wildman–Crippen MR) is 64.3 cm³/mol. The zero-order valence-corrected chi connectivity index (χ0v) is 9.85. The summed E-state index contributed by atoms with van der Waals surface area (Å²) in [6.07, 6.45) is 4.57. The maximum Gasteiger partial charge on any atom is 0.0960 e. The molecular weight excluding hydrogens is 206 g/mol. The van der Waals surface area contributed by atoms with Crippen molar-refractivity contribution in [2.75, 3.05) is 19.6 Å². The molecule has 0 aliphatic carbocycles. The van der Waals surface area contributed by atoms with Gasteiger partial charge in [0.25, 0.3) is 0 Å². The van der Waals surface area contributed by atoms with E-state index in [9.17, 15) is 0 Å². The van der Waals surface area contributed by atoms with E-state index in [2.05, 4.69) is 10.7 Å². The maximum absolute atomic E-state index is 5.49. The summed E-state index contributed by atoms with van der Waals surface area (Å²) >= 11 is 1.83. The highest BCUT2D eigenvalue weighted by atomic mass is 32.1. The van der Waals surface area contributed by atoms with Crippen molar-refractivity contribution in [3.05, 3.63) is 16.1 Å². The van der Waals surface area contributed by atoms with Crippen molar-refractivity contribution >= 4 is 11.3 Å². The molecule has 1 aliphatic heterocycles. The van der Waals surface area contributed by atoms with Gasteiger partial charge in [-0.1, -0.05) is 0 Å². The first-order valence-corrected chi connectivity index (χ1v) is 6.63. The van der Waals surface area contributed by atoms with Crippen molar-refractivity contribution in [3.63, 3.8) is 0 Å². The molecule has 1 fully saturated rings. The summed E-state index contributed by atoms with van der Waals surface area (Å²) in [6.45, 7) is 3.05. The van der Waals surface area contributed by atoms with Gasteiger partial charge in [-0.3, -0.25) is 0 Å². The van der Waals surface area contributed by atoms with Crippen molar-refractivity contribution in [1.29, 1.82) is 0 Å². The molecular formula is C11H19N3S. The zero-order valence-electron chi connectivity index (χ0n) is 9.04. The zero-order chi connectivity index (χ0) is 10.5. The van der Waals surface area contributed by atoms with Gasteiger partial charge in [-0.25, -0.2) is 4.98 Å². The summed E-state index contributed by atoms with van der Waals surface area (Å²) in [6, 6.07) is 0. The standard InChI is InChI=1S/C11H19N3S/c12-5-1-2-10-8-15-11(14-10)9-3-6-13-7-4-9/h8-9,13H,1-7,12H2. The second kappa shape index (κ2) is 5.58. The van der Waals surface area contributed by atoms with Crippen LogP contribution in [0, 0.1) is 0 Å². The highest BCUT2D eigenvalue weighted by molar-refractivity contribution is 7.09. The van der Waals surface area contributed by atoms with E-state index in [4.69, 9.17) is 10.7 Å². The van der Waals surface area contributed by atoms with Crippen molar-refractivity contribution in [1.82, 2.24) is 10.3 Å². The van der Waals surface area contributed by atoms with Crippen LogP contribution < -0.4 is 11.1 Å². The SMILES string of the molecule is NCCCc1csc(C2CCNCC2)n1. The Hall–Kier alpha value is -0.450.